The monoisotopic (exact) mass is 191 g/mol. The Hall–Kier alpha value is -0.890. The first-order valence-electron chi connectivity index (χ1n) is 4.64. The van der Waals surface area contributed by atoms with Crippen LogP contribution in [0.5, 0.6) is 0 Å². The molecule has 68 valence electrons. The first-order chi connectivity index (χ1) is 6.31. The van der Waals surface area contributed by atoms with Gasteiger partial charge in [-0.05, 0) is 29.9 Å². The topological polar surface area (TPSA) is 12.9 Å². The van der Waals surface area contributed by atoms with E-state index in [-0.39, 0.29) is 0 Å². The highest BCUT2D eigenvalue weighted by molar-refractivity contribution is 7.19. The quantitative estimate of drug-likeness (QED) is 0.703. The zero-order chi connectivity index (χ0) is 9.26. The zero-order valence-corrected chi connectivity index (χ0v) is 8.77. The van der Waals surface area contributed by atoms with Gasteiger partial charge in [-0.2, -0.15) is 0 Å². The van der Waals surface area contributed by atoms with Crippen LogP contribution in [0.3, 0.4) is 0 Å². The maximum absolute atomic E-state index is 4.12. The molecule has 2 aromatic rings. The second-order valence-corrected chi connectivity index (χ2v) is 4.49. The number of rotatable bonds is 2. The lowest BCUT2D eigenvalue weighted by Gasteiger charge is -2.02. The molecule has 2 rings (SSSR count). The van der Waals surface area contributed by atoms with E-state index in [0.29, 0.717) is 5.92 Å². The summed E-state index contributed by atoms with van der Waals surface area (Å²) in [7, 11) is 0. The summed E-state index contributed by atoms with van der Waals surface area (Å²) in [6, 6.07) is 4.37. The number of aromatic nitrogens is 1. The van der Waals surface area contributed by atoms with Crippen molar-refractivity contribution in [1.29, 1.82) is 0 Å². The van der Waals surface area contributed by atoms with Crippen LogP contribution in [0.4, 0.5) is 0 Å². The van der Waals surface area contributed by atoms with Gasteiger partial charge in [0.05, 0.1) is 4.70 Å². The molecule has 0 saturated carbocycles. The summed E-state index contributed by atoms with van der Waals surface area (Å²) < 4.78 is 1.30. The van der Waals surface area contributed by atoms with Gasteiger partial charge in [0, 0.05) is 17.3 Å². The number of hydrogen-bond donors (Lipinski definition) is 0. The lowest BCUT2D eigenvalue weighted by molar-refractivity contribution is 0.748. The van der Waals surface area contributed by atoms with Crippen molar-refractivity contribution in [2.24, 2.45) is 0 Å². The van der Waals surface area contributed by atoms with Crippen molar-refractivity contribution in [3.8, 4) is 0 Å². The molecule has 0 radical (unpaired) electrons. The highest BCUT2D eigenvalue weighted by Crippen LogP contribution is 2.31. The molecule has 2 heteroatoms. The third-order valence-electron chi connectivity index (χ3n) is 2.44. The summed E-state index contributed by atoms with van der Waals surface area (Å²) in [4.78, 5) is 5.60. The van der Waals surface area contributed by atoms with Gasteiger partial charge >= 0.3 is 0 Å². The summed E-state index contributed by atoms with van der Waals surface area (Å²) in [5.41, 5.74) is 0. The molecule has 13 heavy (non-hydrogen) atoms. The Bertz CT molecular complexity index is 372. The number of fused-ring (bicyclic) bond motifs is 1. The van der Waals surface area contributed by atoms with E-state index in [4.69, 9.17) is 0 Å². The molecular weight excluding hydrogens is 178 g/mol. The fraction of sp³-hybridized carbons (Fsp3) is 0.364. The highest BCUT2D eigenvalue weighted by atomic mass is 32.1. The van der Waals surface area contributed by atoms with Crippen LogP contribution in [0.15, 0.2) is 24.5 Å². The Labute approximate surface area is 82.4 Å². The second kappa shape index (κ2) is 3.46. The predicted octanol–water partition coefficient (Wildman–Crippen LogP) is 3.81. The molecular formula is C11H13NS. The fourth-order valence-electron chi connectivity index (χ4n) is 1.35. The van der Waals surface area contributed by atoms with E-state index in [1.165, 1.54) is 21.4 Å². The van der Waals surface area contributed by atoms with Gasteiger partial charge in [0.25, 0.3) is 0 Å². The van der Waals surface area contributed by atoms with Gasteiger partial charge in [0.1, 0.15) is 0 Å². The molecule has 1 unspecified atom stereocenters. The van der Waals surface area contributed by atoms with Crippen LogP contribution in [0.2, 0.25) is 0 Å². The number of pyridine rings is 1. The van der Waals surface area contributed by atoms with E-state index in [9.17, 15) is 0 Å². The Morgan fingerprint density at radius 2 is 2.38 bits per heavy atom. The summed E-state index contributed by atoms with van der Waals surface area (Å²) in [5.74, 6) is 0.678. The minimum absolute atomic E-state index is 0.678. The van der Waals surface area contributed by atoms with E-state index >= 15 is 0 Å². The summed E-state index contributed by atoms with van der Waals surface area (Å²) in [6.45, 7) is 4.51. The van der Waals surface area contributed by atoms with Crippen molar-refractivity contribution in [1.82, 2.24) is 4.98 Å². The molecule has 0 bridgehead atoms. The first kappa shape index (κ1) is 8.70. The van der Waals surface area contributed by atoms with Gasteiger partial charge in [-0.3, -0.25) is 4.98 Å². The minimum atomic E-state index is 0.678. The first-order valence-corrected chi connectivity index (χ1v) is 5.46. The van der Waals surface area contributed by atoms with Gasteiger partial charge in [-0.25, -0.2) is 0 Å². The molecule has 0 amide bonds. The van der Waals surface area contributed by atoms with Crippen LogP contribution >= 0.6 is 11.3 Å². The number of hydrogen-bond acceptors (Lipinski definition) is 2. The summed E-state index contributed by atoms with van der Waals surface area (Å²) in [5, 5.41) is 1.33. The number of nitrogens with zero attached hydrogens (tertiary/aromatic N) is 1. The molecule has 0 aromatic carbocycles. The van der Waals surface area contributed by atoms with E-state index in [2.05, 4.69) is 31.0 Å². The van der Waals surface area contributed by atoms with Gasteiger partial charge in [0.2, 0.25) is 0 Å². The Kier molecular flexibility index (Phi) is 2.32. The van der Waals surface area contributed by atoms with Crippen molar-refractivity contribution in [2.75, 3.05) is 0 Å². The van der Waals surface area contributed by atoms with E-state index in [0.717, 1.165) is 0 Å². The molecule has 1 nitrogen and oxygen atoms in total. The molecule has 0 spiro atoms. The predicted molar refractivity (Wildman–Crippen MR) is 58.3 cm³/mol. The lowest BCUT2D eigenvalue weighted by Crippen LogP contribution is -1.84. The van der Waals surface area contributed by atoms with Crippen molar-refractivity contribution < 1.29 is 0 Å². The largest absolute Gasteiger partial charge is 0.263 e. The van der Waals surface area contributed by atoms with Gasteiger partial charge in [-0.1, -0.05) is 13.8 Å². The highest BCUT2D eigenvalue weighted by Gasteiger charge is 2.06. The molecule has 0 N–H and O–H groups in total. The van der Waals surface area contributed by atoms with Crippen LogP contribution in [0, 0.1) is 0 Å². The molecule has 0 saturated heterocycles. The van der Waals surface area contributed by atoms with Crippen molar-refractivity contribution in [3.05, 3.63) is 29.4 Å². The minimum Gasteiger partial charge on any atom is -0.263 e. The molecule has 0 aliphatic heterocycles. The normalized spacial score (nSPS) is 13.4. The molecule has 0 aliphatic carbocycles. The van der Waals surface area contributed by atoms with Gasteiger partial charge in [0.15, 0.2) is 0 Å². The molecule has 1 atom stereocenters. The third-order valence-corrected chi connectivity index (χ3v) is 3.76. The molecule has 0 fully saturated rings. The van der Waals surface area contributed by atoms with Gasteiger partial charge < -0.3 is 0 Å². The second-order valence-electron chi connectivity index (χ2n) is 3.37. The maximum atomic E-state index is 4.12. The van der Waals surface area contributed by atoms with E-state index < -0.39 is 0 Å². The fourth-order valence-corrected chi connectivity index (χ4v) is 2.52. The Morgan fingerprint density at radius 3 is 3.08 bits per heavy atom. The van der Waals surface area contributed by atoms with Crippen LogP contribution in [0.25, 0.3) is 10.1 Å². The maximum Gasteiger partial charge on any atom is 0.0529 e. The zero-order valence-electron chi connectivity index (χ0n) is 7.95. The van der Waals surface area contributed by atoms with Crippen molar-refractivity contribution >= 4 is 21.4 Å². The SMILES string of the molecule is CCC(C)c1cc2ccncc2s1. The van der Waals surface area contributed by atoms with Crippen LogP contribution in [0.1, 0.15) is 31.1 Å². The Morgan fingerprint density at radius 1 is 1.54 bits per heavy atom. The van der Waals surface area contributed by atoms with E-state index in [1.807, 2.05) is 23.7 Å². The average Bonchev–Trinajstić information content (AvgIpc) is 2.59. The number of thiophene rings is 1. The van der Waals surface area contributed by atoms with Crippen molar-refractivity contribution in [2.45, 2.75) is 26.2 Å². The van der Waals surface area contributed by atoms with Crippen molar-refractivity contribution in [3.63, 3.8) is 0 Å². The summed E-state index contributed by atoms with van der Waals surface area (Å²) in [6.07, 6.45) is 5.02. The Balaban J connectivity index is 2.49. The molecule has 2 heterocycles. The smallest absolute Gasteiger partial charge is 0.0529 e. The van der Waals surface area contributed by atoms with Gasteiger partial charge in [-0.15, -0.1) is 11.3 Å². The molecule has 2 aromatic heterocycles. The van der Waals surface area contributed by atoms with E-state index in [1.54, 1.807) is 0 Å². The van der Waals surface area contributed by atoms with Crippen LogP contribution in [-0.4, -0.2) is 4.98 Å². The van der Waals surface area contributed by atoms with Crippen LogP contribution < -0.4 is 0 Å². The third kappa shape index (κ3) is 1.59. The standard InChI is InChI=1S/C11H13NS/c1-3-8(2)10-6-9-4-5-12-7-11(9)13-10/h4-8H,3H2,1-2H3. The molecule has 0 aliphatic rings. The van der Waals surface area contributed by atoms with Crippen LogP contribution in [-0.2, 0) is 0 Å². The average molecular weight is 191 g/mol. The lowest BCUT2D eigenvalue weighted by atomic mass is 10.1. The summed E-state index contributed by atoms with van der Waals surface area (Å²) >= 11 is 1.87.